The van der Waals surface area contributed by atoms with E-state index in [1.165, 1.54) is 0 Å². The van der Waals surface area contributed by atoms with E-state index in [1.54, 1.807) is 13.3 Å². The van der Waals surface area contributed by atoms with Crippen molar-refractivity contribution in [1.82, 2.24) is 14.5 Å². The van der Waals surface area contributed by atoms with Crippen molar-refractivity contribution in [1.29, 1.82) is 0 Å². The maximum Gasteiger partial charge on any atom is 0.160 e. The van der Waals surface area contributed by atoms with Crippen LogP contribution in [-0.2, 0) is 11.3 Å². The molecule has 2 aromatic rings. The number of alkyl halides is 1. The topological polar surface area (TPSA) is 39.9 Å². The van der Waals surface area contributed by atoms with Gasteiger partial charge in [-0.05, 0) is 38.3 Å². The van der Waals surface area contributed by atoms with Crippen LogP contribution in [0.25, 0.3) is 11.2 Å². The number of nitrogens with zero attached hydrogens (tertiary/aromatic N) is 3. The highest BCUT2D eigenvalue weighted by molar-refractivity contribution is 6.20. The Bertz CT molecular complexity index is 524. The summed E-state index contributed by atoms with van der Waals surface area (Å²) in [6.07, 6.45) is 5.11. The standard InChI is InChI=1S/C14H20ClN3O/c1-11(15)13-17-12-7-6-8-16-14(12)18(13)9-4-3-5-10-19-2/h6-8,11H,3-5,9-10H2,1-2H3. The summed E-state index contributed by atoms with van der Waals surface area (Å²) < 4.78 is 7.20. The van der Waals surface area contributed by atoms with Crippen LogP contribution < -0.4 is 0 Å². The van der Waals surface area contributed by atoms with Gasteiger partial charge in [0.15, 0.2) is 5.65 Å². The zero-order valence-electron chi connectivity index (χ0n) is 11.5. The van der Waals surface area contributed by atoms with Crippen molar-refractivity contribution in [3.05, 3.63) is 24.2 Å². The maximum absolute atomic E-state index is 6.21. The van der Waals surface area contributed by atoms with Gasteiger partial charge in [0.1, 0.15) is 11.3 Å². The predicted octanol–water partition coefficient (Wildman–Crippen LogP) is 3.55. The fourth-order valence-electron chi connectivity index (χ4n) is 2.19. The van der Waals surface area contributed by atoms with E-state index in [0.717, 1.165) is 49.4 Å². The molecule has 1 atom stereocenters. The number of aryl methyl sites for hydroxylation is 1. The Hall–Kier alpha value is -1.13. The first kappa shape index (κ1) is 14.3. The average molecular weight is 282 g/mol. The summed E-state index contributed by atoms with van der Waals surface area (Å²) in [6.45, 7) is 3.68. The lowest BCUT2D eigenvalue weighted by molar-refractivity contribution is 0.191. The third kappa shape index (κ3) is 3.45. The van der Waals surface area contributed by atoms with E-state index in [-0.39, 0.29) is 5.38 Å². The Morgan fingerprint density at radius 3 is 2.95 bits per heavy atom. The van der Waals surface area contributed by atoms with Crippen LogP contribution in [0.2, 0.25) is 0 Å². The van der Waals surface area contributed by atoms with E-state index in [1.807, 2.05) is 19.1 Å². The molecular weight excluding hydrogens is 262 g/mol. The molecule has 0 fully saturated rings. The first-order valence-corrected chi connectivity index (χ1v) is 7.12. The zero-order chi connectivity index (χ0) is 13.7. The Morgan fingerprint density at radius 2 is 2.21 bits per heavy atom. The third-order valence-corrected chi connectivity index (χ3v) is 3.31. The Morgan fingerprint density at radius 1 is 1.37 bits per heavy atom. The van der Waals surface area contributed by atoms with Crippen LogP contribution in [0.5, 0.6) is 0 Å². The molecule has 2 heterocycles. The van der Waals surface area contributed by atoms with Gasteiger partial charge in [0.05, 0.1) is 5.38 Å². The molecular formula is C14H20ClN3O. The highest BCUT2D eigenvalue weighted by atomic mass is 35.5. The minimum atomic E-state index is -0.104. The molecule has 2 aromatic heterocycles. The molecule has 0 saturated heterocycles. The molecule has 0 aliphatic rings. The average Bonchev–Trinajstić information content (AvgIpc) is 2.78. The number of rotatable bonds is 7. The van der Waals surface area contributed by atoms with E-state index in [0.29, 0.717) is 0 Å². The van der Waals surface area contributed by atoms with Gasteiger partial charge in [-0.3, -0.25) is 0 Å². The summed E-state index contributed by atoms with van der Waals surface area (Å²) in [5, 5.41) is -0.104. The molecule has 0 amide bonds. The quantitative estimate of drug-likeness (QED) is 0.576. The van der Waals surface area contributed by atoms with Crippen molar-refractivity contribution in [2.45, 2.75) is 38.1 Å². The van der Waals surface area contributed by atoms with Gasteiger partial charge >= 0.3 is 0 Å². The minimum absolute atomic E-state index is 0.104. The molecule has 0 saturated carbocycles. The van der Waals surface area contributed by atoms with Crippen LogP contribution in [0.3, 0.4) is 0 Å². The Labute approximate surface area is 118 Å². The molecule has 0 radical (unpaired) electrons. The van der Waals surface area contributed by atoms with E-state index < -0.39 is 0 Å². The van der Waals surface area contributed by atoms with Crippen molar-refractivity contribution in [2.75, 3.05) is 13.7 Å². The molecule has 104 valence electrons. The summed E-state index contributed by atoms with van der Waals surface area (Å²) >= 11 is 6.21. The highest BCUT2D eigenvalue weighted by Gasteiger charge is 2.14. The van der Waals surface area contributed by atoms with E-state index >= 15 is 0 Å². The molecule has 4 nitrogen and oxygen atoms in total. The van der Waals surface area contributed by atoms with Crippen molar-refractivity contribution >= 4 is 22.8 Å². The molecule has 0 aliphatic heterocycles. The smallest absolute Gasteiger partial charge is 0.160 e. The number of hydrogen-bond donors (Lipinski definition) is 0. The molecule has 0 bridgehead atoms. The third-order valence-electron chi connectivity index (χ3n) is 3.12. The summed E-state index contributed by atoms with van der Waals surface area (Å²) in [6, 6.07) is 3.88. The van der Waals surface area contributed by atoms with Gasteiger partial charge in [0.2, 0.25) is 0 Å². The van der Waals surface area contributed by atoms with Crippen LogP contribution in [-0.4, -0.2) is 28.3 Å². The van der Waals surface area contributed by atoms with Crippen LogP contribution >= 0.6 is 11.6 Å². The number of fused-ring (bicyclic) bond motifs is 1. The predicted molar refractivity (Wildman–Crippen MR) is 77.5 cm³/mol. The van der Waals surface area contributed by atoms with Crippen molar-refractivity contribution < 1.29 is 4.74 Å². The largest absolute Gasteiger partial charge is 0.385 e. The number of methoxy groups -OCH3 is 1. The van der Waals surface area contributed by atoms with Crippen LogP contribution in [0.15, 0.2) is 18.3 Å². The summed E-state index contributed by atoms with van der Waals surface area (Å²) in [7, 11) is 1.74. The van der Waals surface area contributed by atoms with E-state index in [2.05, 4.69) is 14.5 Å². The summed E-state index contributed by atoms with van der Waals surface area (Å²) in [5.41, 5.74) is 1.85. The van der Waals surface area contributed by atoms with Crippen molar-refractivity contribution in [2.24, 2.45) is 0 Å². The zero-order valence-corrected chi connectivity index (χ0v) is 12.2. The van der Waals surface area contributed by atoms with Gasteiger partial charge in [-0.15, -0.1) is 11.6 Å². The number of pyridine rings is 1. The molecule has 0 aromatic carbocycles. The number of hydrogen-bond acceptors (Lipinski definition) is 3. The molecule has 0 N–H and O–H groups in total. The second kappa shape index (κ2) is 6.87. The van der Waals surface area contributed by atoms with Gasteiger partial charge in [0.25, 0.3) is 0 Å². The number of aromatic nitrogens is 3. The maximum atomic E-state index is 6.21. The summed E-state index contributed by atoms with van der Waals surface area (Å²) in [5.74, 6) is 0.905. The first-order valence-electron chi connectivity index (χ1n) is 6.68. The molecule has 0 spiro atoms. The Balaban J connectivity index is 2.13. The molecule has 0 aliphatic carbocycles. The molecule has 2 rings (SSSR count). The number of halogens is 1. The lowest BCUT2D eigenvalue weighted by Crippen LogP contribution is -2.05. The SMILES string of the molecule is COCCCCCn1c(C(C)Cl)nc2cccnc21. The second-order valence-corrected chi connectivity index (χ2v) is 5.29. The number of ether oxygens (including phenoxy) is 1. The van der Waals surface area contributed by atoms with Gasteiger partial charge in [-0.25, -0.2) is 9.97 Å². The van der Waals surface area contributed by atoms with E-state index in [4.69, 9.17) is 16.3 Å². The van der Waals surface area contributed by atoms with Crippen LogP contribution in [0.4, 0.5) is 0 Å². The van der Waals surface area contributed by atoms with E-state index in [9.17, 15) is 0 Å². The number of unbranched alkanes of at least 4 members (excludes halogenated alkanes) is 2. The monoisotopic (exact) mass is 281 g/mol. The lowest BCUT2D eigenvalue weighted by Gasteiger charge is -2.09. The normalized spacial score (nSPS) is 13.0. The summed E-state index contributed by atoms with van der Waals surface area (Å²) in [4.78, 5) is 8.99. The lowest BCUT2D eigenvalue weighted by atomic mass is 10.2. The molecule has 19 heavy (non-hydrogen) atoms. The van der Waals surface area contributed by atoms with Gasteiger partial charge in [0, 0.05) is 26.5 Å². The Kier molecular flexibility index (Phi) is 5.16. The minimum Gasteiger partial charge on any atom is -0.385 e. The number of imidazole rings is 1. The highest BCUT2D eigenvalue weighted by Crippen LogP contribution is 2.23. The van der Waals surface area contributed by atoms with Gasteiger partial charge < -0.3 is 9.30 Å². The van der Waals surface area contributed by atoms with Crippen LogP contribution in [0, 0.1) is 0 Å². The molecule has 1 unspecified atom stereocenters. The van der Waals surface area contributed by atoms with Gasteiger partial charge in [-0.2, -0.15) is 0 Å². The van der Waals surface area contributed by atoms with Crippen molar-refractivity contribution in [3.63, 3.8) is 0 Å². The fourth-order valence-corrected chi connectivity index (χ4v) is 2.36. The van der Waals surface area contributed by atoms with Gasteiger partial charge in [-0.1, -0.05) is 0 Å². The fraction of sp³-hybridized carbons (Fsp3) is 0.571. The van der Waals surface area contributed by atoms with Crippen LogP contribution in [0.1, 0.15) is 37.4 Å². The first-order chi connectivity index (χ1) is 9.24. The second-order valence-electron chi connectivity index (χ2n) is 4.64. The molecule has 5 heteroatoms. The van der Waals surface area contributed by atoms with Crippen molar-refractivity contribution in [3.8, 4) is 0 Å².